The van der Waals surface area contributed by atoms with E-state index in [9.17, 15) is 18.0 Å². The third kappa shape index (κ3) is 3.36. The average Bonchev–Trinajstić information content (AvgIpc) is 2.02. The molecule has 0 radical (unpaired) electrons. The maximum Gasteiger partial charge on any atom is 0.200 e. The Morgan fingerprint density at radius 3 is 2.45 bits per heavy atom. The van der Waals surface area contributed by atoms with Crippen molar-refractivity contribution >= 4 is 5.78 Å². The molecule has 0 aliphatic rings. The van der Waals surface area contributed by atoms with Crippen LogP contribution in [0.4, 0.5) is 13.2 Å². The van der Waals surface area contributed by atoms with Gasteiger partial charge in [-0.2, -0.15) is 0 Å². The summed E-state index contributed by atoms with van der Waals surface area (Å²) < 4.78 is 36.2. The van der Waals surface area contributed by atoms with Crippen molar-refractivity contribution in [1.82, 2.24) is 5.32 Å². The van der Waals surface area contributed by atoms with Crippen molar-refractivity contribution in [2.75, 3.05) is 20.3 Å². The summed E-state index contributed by atoms with van der Waals surface area (Å²) in [7, 11) is 1.42. The molecule has 1 N–H and O–H groups in total. The van der Waals surface area contributed by atoms with Crippen molar-refractivity contribution in [3.8, 4) is 0 Å². The van der Waals surface area contributed by atoms with E-state index >= 15 is 0 Å². The molecule has 0 aromatic heterocycles. The fraction of sp³-hybridized carbons (Fsp3) is 0.833. The number of rotatable bonds is 5. The molecule has 0 aliphatic carbocycles. The molecule has 0 heterocycles. The van der Waals surface area contributed by atoms with Crippen molar-refractivity contribution in [3.63, 3.8) is 0 Å². The molecule has 0 saturated heterocycles. The Morgan fingerprint density at radius 2 is 2.09 bits per heavy atom. The minimum atomic E-state index is -2.34. The number of halogens is 3. The normalized spacial score (nSPS) is 16.0. The van der Waals surface area contributed by atoms with Gasteiger partial charge >= 0.3 is 0 Å². The van der Waals surface area contributed by atoms with Crippen LogP contribution in [-0.2, 0) is 4.79 Å². The average molecular weight is 169 g/mol. The van der Waals surface area contributed by atoms with Crippen molar-refractivity contribution in [2.45, 2.75) is 12.3 Å². The number of ketones is 1. The van der Waals surface area contributed by atoms with Crippen LogP contribution in [0.15, 0.2) is 0 Å². The standard InChI is InChI=1S/C6H10F3NO/c1-10-3-4(8)6(9)5(11)2-7/h4,6,10H,2-3H2,1H3. The van der Waals surface area contributed by atoms with E-state index in [1.165, 1.54) is 7.05 Å². The molecule has 5 heteroatoms. The Hall–Kier alpha value is -0.580. The van der Waals surface area contributed by atoms with Crippen LogP contribution in [0.3, 0.4) is 0 Å². The Morgan fingerprint density at radius 1 is 1.55 bits per heavy atom. The van der Waals surface area contributed by atoms with Crippen LogP contribution >= 0.6 is 0 Å². The van der Waals surface area contributed by atoms with Crippen LogP contribution in [0.5, 0.6) is 0 Å². The lowest BCUT2D eigenvalue weighted by molar-refractivity contribution is -0.126. The Labute approximate surface area is 62.8 Å². The molecule has 0 amide bonds. The van der Waals surface area contributed by atoms with E-state index in [4.69, 9.17) is 0 Å². The molecule has 11 heavy (non-hydrogen) atoms. The predicted molar refractivity (Wildman–Crippen MR) is 34.7 cm³/mol. The predicted octanol–water partition coefficient (Wildman–Crippen LogP) is 0.421. The summed E-state index contributed by atoms with van der Waals surface area (Å²) in [5.41, 5.74) is 0. The molecule has 2 unspecified atom stereocenters. The van der Waals surface area contributed by atoms with Crippen LogP contribution < -0.4 is 5.32 Å². The zero-order valence-electron chi connectivity index (χ0n) is 6.11. The van der Waals surface area contributed by atoms with Gasteiger partial charge in [0.25, 0.3) is 0 Å². The first-order chi connectivity index (χ1) is 5.13. The van der Waals surface area contributed by atoms with Crippen molar-refractivity contribution in [1.29, 1.82) is 0 Å². The number of hydrogen-bond acceptors (Lipinski definition) is 2. The molecule has 0 aliphatic heterocycles. The molecule has 2 atom stereocenters. The fourth-order valence-corrected chi connectivity index (χ4v) is 0.574. The topological polar surface area (TPSA) is 29.1 Å². The van der Waals surface area contributed by atoms with Crippen molar-refractivity contribution in [2.24, 2.45) is 0 Å². The van der Waals surface area contributed by atoms with Crippen LogP contribution in [0, 0.1) is 0 Å². The highest BCUT2D eigenvalue weighted by Gasteiger charge is 2.26. The van der Waals surface area contributed by atoms with Crippen LogP contribution in [0.2, 0.25) is 0 Å². The highest BCUT2D eigenvalue weighted by atomic mass is 19.2. The molecule has 0 fully saturated rings. The molecule has 0 rings (SSSR count). The highest BCUT2D eigenvalue weighted by Crippen LogP contribution is 2.04. The summed E-state index contributed by atoms with van der Waals surface area (Å²) in [6.45, 7) is -1.74. The van der Waals surface area contributed by atoms with E-state index < -0.39 is 24.8 Å². The number of carbonyl (C=O) groups is 1. The number of Topliss-reactive ketones (excluding diaryl/α,β-unsaturated/α-hetero) is 1. The molecule has 0 bridgehead atoms. The van der Waals surface area contributed by atoms with Gasteiger partial charge in [-0.05, 0) is 7.05 Å². The number of hydrogen-bond donors (Lipinski definition) is 1. The zero-order chi connectivity index (χ0) is 8.85. The molecular weight excluding hydrogens is 159 g/mol. The van der Waals surface area contributed by atoms with Crippen LogP contribution in [-0.4, -0.2) is 38.4 Å². The largest absolute Gasteiger partial charge is 0.317 e. The number of nitrogens with one attached hydrogen (secondary N) is 1. The van der Waals surface area contributed by atoms with Gasteiger partial charge in [-0.15, -0.1) is 0 Å². The van der Waals surface area contributed by atoms with Gasteiger partial charge in [-0.3, -0.25) is 4.79 Å². The third-order valence-corrected chi connectivity index (χ3v) is 1.16. The van der Waals surface area contributed by atoms with Crippen LogP contribution in [0.25, 0.3) is 0 Å². The first-order valence-corrected chi connectivity index (χ1v) is 3.15. The maximum absolute atomic E-state index is 12.4. The minimum absolute atomic E-state index is 0.285. The van der Waals surface area contributed by atoms with Crippen LogP contribution in [0.1, 0.15) is 0 Å². The third-order valence-electron chi connectivity index (χ3n) is 1.16. The molecule has 0 saturated carbocycles. The Balaban J connectivity index is 3.80. The summed E-state index contributed by atoms with van der Waals surface area (Å²) in [6, 6.07) is 0. The van der Waals surface area contributed by atoms with Gasteiger partial charge in [0, 0.05) is 6.54 Å². The Bertz CT molecular complexity index is 131. The van der Waals surface area contributed by atoms with Gasteiger partial charge in [-0.25, -0.2) is 13.2 Å². The van der Waals surface area contributed by atoms with E-state index in [1.807, 2.05) is 0 Å². The summed E-state index contributed by atoms with van der Waals surface area (Å²) >= 11 is 0. The lowest BCUT2D eigenvalue weighted by atomic mass is 10.2. The quantitative estimate of drug-likeness (QED) is 0.646. The lowest BCUT2D eigenvalue weighted by Gasteiger charge is -2.09. The Kier molecular flexibility index (Phi) is 4.85. The van der Waals surface area contributed by atoms with Crippen molar-refractivity contribution < 1.29 is 18.0 Å². The van der Waals surface area contributed by atoms with Gasteiger partial charge in [0.1, 0.15) is 0 Å². The monoisotopic (exact) mass is 169 g/mol. The first kappa shape index (κ1) is 10.4. The van der Waals surface area contributed by atoms with Crippen molar-refractivity contribution in [3.05, 3.63) is 0 Å². The summed E-state index contributed by atoms with van der Waals surface area (Å²) in [5, 5.41) is 2.34. The van der Waals surface area contributed by atoms with E-state index in [0.717, 1.165) is 0 Å². The summed E-state index contributed by atoms with van der Waals surface area (Å²) in [4.78, 5) is 10.2. The van der Waals surface area contributed by atoms with E-state index in [-0.39, 0.29) is 6.54 Å². The number of carbonyl (C=O) groups excluding carboxylic acids is 1. The second-order valence-corrected chi connectivity index (χ2v) is 2.08. The summed E-state index contributed by atoms with van der Waals surface area (Å²) in [6.07, 6.45) is -4.30. The van der Waals surface area contributed by atoms with Gasteiger partial charge in [0.15, 0.2) is 19.0 Å². The molecule has 0 spiro atoms. The first-order valence-electron chi connectivity index (χ1n) is 3.15. The SMILES string of the molecule is CNCC(F)C(F)C(=O)CF. The number of alkyl halides is 3. The van der Waals surface area contributed by atoms with Gasteiger partial charge in [0.05, 0.1) is 0 Å². The van der Waals surface area contributed by atoms with E-state index in [2.05, 4.69) is 5.32 Å². The maximum atomic E-state index is 12.4. The van der Waals surface area contributed by atoms with Gasteiger partial charge < -0.3 is 5.32 Å². The van der Waals surface area contributed by atoms with E-state index in [1.54, 1.807) is 0 Å². The lowest BCUT2D eigenvalue weighted by Crippen LogP contribution is -2.34. The molecular formula is C6H10F3NO. The highest BCUT2D eigenvalue weighted by molar-refractivity contribution is 5.84. The van der Waals surface area contributed by atoms with Gasteiger partial charge in [0.2, 0.25) is 5.78 Å². The smallest absolute Gasteiger partial charge is 0.200 e. The minimum Gasteiger partial charge on any atom is -0.317 e. The molecule has 66 valence electrons. The molecule has 0 aromatic carbocycles. The second-order valence-electron chi connectivity index (χ2n) is 2.08. The zero-order valence-corrected chi connectivity index (χ0v) is 6.11. The molecule has 2 nitrogen and oxygen atoms in total. The van der Waals surface area contributed by atoms with Gasteiger partial charge in [-0.1, -0.05) is 0 Å². The second kappa shape index (κ2) is 5.12. The fourth-order valence-electron chi connectivity index (χ4n) is 0.574. The van der Waals surface area contributed by atoms with E-state index in [0.29, 0.717) is 0 Å². The summed E-state index contributed by atoms with van der Waals surface area (Å²) in [5.74, 6) is -1.34. The molecule has 0 aromatic rings.